The van der Waals surface area contributed by atoms with Crippen molar-refractivity contribution in [2.45, 2.75) is 11.6 Å². The Hall–Kier alpha value is -1.83. The molecule has 0 bridgehead atoms. The number of rotatable bonds is 4. The third-order valence-electron chi connectivity index (χ3n) is 2.63. The van der Waals surface area contributed by atoms with Crippen LogP contribution in [0.25, 0.3) is 0 Å². The molecule has 0 aliphatic heterocycles. The second-order valence-corrected chi connectivity index (χ2v) is 6.48. The van der Waals surface area contributed by atoms with Crippen molar-refractivity contribution in [1.29, 1.82) is 5.26 Å². The lowest BCUT2D eigenvalue weighted by atomic mass is 10.1. The van der Waals surface area contributed by atoms with Gasteiger partial charge in [0.25, 0.3) is 10.0 Å². The molecule has 0 aliphatic carbocycles. The van der Waals surface area contributed by atoms with E-state index in [0.29, 0.717) is 0 Å². The first kappa shape index (κ1) is 15.6. The summed E-state index contributed by atoms with van der Waals surface area (Å²) in [7, 11) is -2.47. The van der Waals surface area contributed by atoms with Gasteiger partial charge in [-0.1, -0.05) is 11.3 Å². The van der Waals surface area contributed by atoms with E-state index in [1.165, 1.54) is 19.2 Å². The Morgan fingerprint density at radius 2 is 2.24 bits per heavy atom. The molecule has 0 radical (unpaired) electrons. The molecule has 1 aromatic heterocycles. The summed E-state index contributed by atoms with van der Waals surface area (Å²) in [6.07, 6.45) is 0. The van der Waals surface area contributed by atoms with Gasteiger partial charge in [-0.2, -0.15) is 5.26 Å². The van der Waals surface area contributed by atoms with Crippen molar-refractivity contribution < 1.29 is 12.8 Å². The zero-order valence-electron chi connectivity index (χ0n) is 10.7. The van der Waals surface area contributed by atoms with Crippen LogP contribution in [0.4, 0.5) is 4.39 Å². The summed E-state index contributed by atoms with van der Waals surface area (Å²) >= 11 is 2.99. The molecular formula is C11H9BrFN5O2S. The van der Waals surface area contributed by atoms with Crippen LogP contribution >= 0.6 is 15.9 Å². The molecule has 1 heterocycles. The van der Waals surface area contributed by atoms with E-state index in [9.17, 15) is 12.8 Å². The summed E-state index contributed by atoms with van der Waals surface area (Å²) in [6, 6.07) is 5.61. The van der Waals surface area contributed by atoms with Crippen LogP contribution in [0.1, 0.15) is 11.1 Å². The molecule has 0 fully saturated rings. The lowest BCUT2D eigenvalue weighted by Crippen LogP contribution is -2.26. The number of hydrogen-bond acceptors (Lipinski definition) is 5. The summed E-state index contributed by atoms with van der Waals surface area (Å²) in [5.74, 6) is -0.654. The van der Waals surface area contributed by atoms with Crippen molar-refractivity contribution in [1.82, 2.24) is 19.7 Å². The average molecular weight is 374 g/mol. The number of aromatic nitrogens is 3. The lowest BCUT2D eigenvalue weighted by Gasteiger charge is -2.07. The fraction of sp³-hybridized carbons (Fsp3) is 0.182. The van der Waals surface area contributed by atoms with Gasteiger partial charge in [0, 0.05) is 19.2 Å². The number of benzene rings is 1. The SMILES string of the molecule is Cn1nnc(Br)c1S(=O)(=O)NCc1ccc(C#N)cc1F. The van der Waals surface area contributed by atoms with E-state index in [2.05, 4.69) is 31.0 Å². The minimum Gasteiger partial charge on any atom is -0.235 e. The maximum Gasteiger partial charge on any atom is 0.260 e. The molecule has 1 N–H and O–H groups in total. The van der Waals surface area contributed by atoms with Crippen LogP contribution in [0.3, 0.4) is 0 Å². The fourth-order valence-corrected chi connectivity index (χ4v) is 3.71. The van der Waals surface area contributed by atoms with Crippen molar-refractivity contribution in [3.05, 3.63) is 39.7 Å². The molecule has 0 aliphatic rings. The standard InChI is InChI=1S/C11H9BrFN5O2S/c1-18-11(10(12)16-17-18)21(19,20)15-6-8-3-2-7(5-14)4-9(8)13/h2-4,15H,6H2,1H3. The molecule has 0 amide bonds. The Bertz CT molecular complexity index is 808. The zero-order valence-corrected chi connectivity index (χ0v) is 13.1. The van der Waals surface area contributed by atoms with Gasteiger partial charge in [0.1, 0.15) is 5.82 Å². The second-order valence-electron chi connectivity index (χ2n) is 4.05. The molecule has 7 nitrogen and oxygen atoms in total. The molecule has 2 rings (SSSR count). The van der Waals surface area contributed by atoms with Crippen LogP contribution in [0.2, 0.25) is 0 Å². The predicted molar refractivity (Wildman–Crippen MR) is 73.8 cm³/mol. The van der Waals surface area contributed by atoms with Crippen LogP contribution in [-0.2, 0) is 23.6 Å². The van der Waals surface area contributed by atoms with Gasteiger partial charge in [-0.3, -0.25) is 0 Å². The van der Waals surface area contributed by atoms with Gasteiger partial charge in [-0.25, -0.2) is 22.2 Å². The van der Waals surface area contributed by atoms with Crippen LogP contribution < -0.4 is 4.72 Å². The Labute approximate surface area is 128 Å². The maximum absolute atomic E-state index is 13.7. The number of nitriles is 1. The molecule has 0 saturated heterocycles. The first-order valence-corrected chi connectivity index (χ1v) is 7.86. The number of hydrogen-bond donors (Lipinski definition) is 1. The van der Waals surface area contributed by atoms with Crippen LogP contribution in [0.15, 0.2) is 27.8 Å². The van der Waals surface area contributed by atoms with Crippen molar-refractivity contribution in [3.63, 3.8) is 0 Å². The van der Waals surface area contributed by atoms with E-state index >= 15 is 0 Å². The normalized spacial score (nSPS) is 11.3. The molecule has 0 atom stereocenters. The van der Waals surface area contributed by atoms with Crippen LogP contribution in [-0.4, -0.2) is 23.4 Å². The van der Waals surface area contributed by atoms with E-state index in [0.717, 1.165) is 10.7 Å². The molecule has 21 heavy (non-hydrogen) atoms. The highest BCUT2D eigenvalue weighted by Gasteiger charge is 2.23. The number of nitrogens with one attached hydrogen (secondary N) is 1. The highest BCUT2D eigenvalue weighted by atomic mass is 79.9. The van der Waals surface area contributed by atoms with Crippen molar-refractivity contribution in [2.24, 2.45) is 7.05 Å². The number of sulfonamides is 1. The highest BCUT2D eigenvalue weighted by Crippen LogP contribution is 2.18. The van der Waals surface area contributed by atoms with Gasteiger partial charge in [0.2, 0.25) is 5.03 Å². The summed E-state index contributed by atoms with van der Waals surface area (Å²) in [5, 5.41) is 15.6. The zero-order chi connectivity index (χ0) is 15.6. The Morgan fingerprint density at radius 1 is 1.52 bits per heavy atom. The van der Waals surface area contributed by atoms with Crippen molar-refractivity contribution >= 4 is 26.0 Å². The maximum atomic E-state index is 13.7. The van der Waals surface area contributed by atoms with E-state index < -0.39 is 15.8 Å². The van der Waals surface area contributed by atoms with Gasteiger partial charge in [-0.05, 0) is 28.1 Å². The topological polar surface area (TPSA) is 101 Å². The highest BCUT2D eigenvalue weighted by molar-refractivity contribution is 9.10. The molecule has 10 heteroatoms. The van der Waals surface area contributed by atoms with Crippen molar-refractivity contribution in [3.8, 4) is 6.07 Å². The second kappa shape index (κ2) is 5.88. The fourth-order valence-electron chi connectivity index (χ4n) is 1.61. The van der Waals surface area contributed by atoms with E-state index in [1.54, 1.807) is 6.07 Å². The third kappa shape index (κ3) is 3.26. The Kier molecular flexibility index (Phi) is 4.36. The molecule has 0 unspecified atom stereocenters. The predicted octanol–water partition coefficient (Wildman–Crippen LogP) is 1.07. The van der Waals surface area contributed by atoms with Gasteiger partial charge in [0.05, 0.1) is 11.6 Å². The van der Waals surface area contributed by atoms with Gasteiger partial charge >= 0.3 is 0 Å². The van der Waals surface area contributed by atoms with Gasteiger partial charge in [0.15, 0.2) is 4.60 Å². The molecule has 0 spiro atoms. The Morgan fingerprint density at radius 3 is 2.76 bits per heavy atom. The van der Waals surface area contributed by atoms with Gasteiger partial charge < -0.3 is 0 Å². The molecule has 0 saturated carbocycles. The molecule has 110 valence electrons. The minimum absolute atomic E-state index is 0.0674. The van der Waals surface area contributed by atoms with E-state index in [1.807, 2.05) is 0 Å². The molecule has 2 aromatic rings. The third-order valence-corrected chi connectivity index (χ3v) is 4.91. The van der Waals surface area contributed by atoms with Crippen LogP contribution in [0, 0.1) is 17.1 Å². The monoisotopic (exact) mass is 373 g/mol. The first-order chi connectivity index (χ1) is 9.85. The summed E-state index contributed by atoms with van der Waals surface area (Å²) in [6.45, 7) is -0.252. The van der Waals surface area contributed by atoms with Crippen LogP contribution in [0.5, 0.6) is 0 Å². The molecule has 1 aromatic carbocycles. The quantitative estimate of drug-likeness (QED) is 0.863. The number of nitrogens with zero attached hydrogens (tertiary/aromatic N) is 4. The smallest absolute Gasteiger partial charge is 0.235 e. The number of aryl methyl sites for hydroxylation is 1. The average Bonchev–Trinajstić information content (AvgIpc) is 2.77. The minimum atomic E-state index is -3.90. The Balaban J connectivity index is 2.22. The van der Waals surface area contributed by atoms with Gasteiger partial charge in [-0.15, -0.1) is 5.10 Å². The van der Waals surface area contributed by atoms with E-state index in [-0.39, 0.29) is 27.3 Å². The lowest BCUT2D eigenvalue weighted by molar-refractivity contribution is 0.556. The van der Waals surface area contributed by atoms with E-state index in [4.69, 9.17) is 5.26 Å². The largest absolute Gasteiger partial charge is 0.260 e. The summed E-state index contributed by atoms with van der Waals surface area (Å²) < 4.78 is 41.3. The summed E-state index contributed by atoms with van der Waals surface area (Å²) in [4.78, 5) is 0. The number of halogens is 2. The van der Waals surface area contributed by atoms with Crippen molar-refractivity contribution in [2.75, 3.05) is 0 Å². The first-order valence-electron chi connectivity index (χ1n) is 5.58. The molecular weight excluding hydrogens is 365 g/mol. The summed E-state index contributed by atoms with van der Waals surface area (Å²) in [5.41, 5.74) is 0.293.